The van der Waals surface area contributed by atoms with E-state index >= 15 is 0 Å². The van der Waals surface area contributed by atoms with Crippen molar-refractivity contribution in [3.8, 4) is 11.5 Å². The third-order valence-electron chi connectivity index (χ3n) is 3.05. The molecule has 0 radical (unpaired) electrons. The summed E-state index contributed by atoms with van der Waals surface area (Å²) in [5.74, 6) is 0.224. The van der Waals surface area contributed by atoms with E-state index in [1.165, 1.54) is 18.2 Å². The van der Waals surface area contributed by atoms with E-state index in [1.54, 1.807) is 31.2 Å². The second kappa shape index (κ2) is 8.31. The van der Waals surface area contributed by atoms with E-state index in [4.69, 9.17) is 21.1 Å². The van der Waals surface area contributed by atoms with Crippen molar-refractivity contribution in [3.63, 3.8) is 0 Å². The molecule has 0 aliphatic heterocycles. The molecule has 0 heterocycles. The van der Waals surface area contributed by atoms with Gasteiger partial charge in [-0.25, -0.2) is 4.39 Å². The van der Waals surface area contributed by atoms with Gasteiger partial charge in [0.05, 0.1) is 16.6 Å². The lowest BCUT2D eigenvalue weighted by atomic mass is 10.2. The molecular weight excluding hydrogens is 337 g/mol. The van der Waals surface area contributed by atoms with Crippen molar-refractivity contribution in [2.45, 2.75) is 13.5 Å². The molecule has 126 valence electrons. The van der Waals surface area contributed by atoms with Crippen LogP contribution in [0.1, 0.15) is 18.1 Å². The standard InChI is InChI=1S/C17H15ClFNO4/c1-2-23-16-10-12(7-8-20(21)22)9-14(18)17(16)24-11-13-5-3-4-6-15(13)19/h3-10H,2,11H2,1H3/b8-7+. The largest absolute Gasteiger partial charge is 0.490 e. The first kappa shape index (κ1) is 17.7. The van der Waals surface area contributed by atoms with Crippen LogP contribution in [0, 0.1) is 15.9 Å². The van der Waals surface area contributed by atoms with Gasteiger partial charge in [0.25, 0.3) is 0 Å². The van der Waals surface area contributed by atoms with E-state index in [9.17, 15) is 14.5 Å². The molecule has 24 heavy (non-hydrogen) atoms. The van der Waals surface area contributed by atoms with Crippen LogP contribution in [-0.4, -0.2) is 11.5 Å². The molecule has 0 aromatic heterocycles. The molecule has 2 aromatic rings. The zero-order valence-electron chi connectivity index (χ0n) is 12.9. The van der Waals surface area contributed by atoms with E-state index in [2.05, 4.69) is 0 Å². The number of hydrogen-bond donors (Lipinski definition) is 0. The molecule has 0 saturated heterocycles. The van der Waals surface area contributed by atoms with Crippen LogP contribution >= 0.6 is 11.6 Å². The van der Waals surface area contributed by atoms with Crippen molar-refractivity contribution in [1.82, 2.24) is 0 Å². The highest BCUT2D eigenvalue weighted by Gasteiger charge is 2.13. The summed E-state index contributed by atoms with van der Waals surface area (Å²) in [6.07, 6.45) is 2.11. The van der Waals surface area contributed by atoms with Crippen LogP contribution in [-0.2, 0) is 6.61 Å². The van der Waals surface area contributed by atoms with Gasteiger partial charge in [-0.3, -0.25) is 10.1 Å². The highest BCUT2D eigenvalue weighted by atomic mass is 35.5. The normalized spacial score (nSPS) is 10.8. The van der Waals surface area contributed by atoms with Crippen LogP contribution in [0.5, 0.6) is 11.5 Å². The van der Waals surface area contributed by atoms with Gasteiger partial charge in [-0.05, 0) is 30.7 Å². The maximum Gasteiger partial charge on any atom is 0.235 e. The van der Waals surface area contributed by atoms with Crippen molar-refractivity contribution in [1.29, 1.82) is 0 Å². The van der Waals surface area contributed by atoms with Crippen molar-refractivity contribution < 1.29 is 18.8 Å². The molecule has 0 bridgehead atoms. The van der Waals surface area contributed by atoms with Gasteiger partial charge in [0.15, 0.2) is 11.5 Å². The molecule has 0 amide bonds. The van der Waals surface area contributed by atoms with Gasteiger partial charge in [-0.15, -0.1) is 0 Å². The molecular formula is C17H15ClFNO4. The Morgan fingerprint density at radius 2 is 2.04 bits per heavy atom. The number of rotatable bonds is 7. The Labute approximate surface area is 143 Å². The van der Waals surface area contributed by atoms with E-state index in [1.807, 2.05) is 0 Å². The van der Waals surface area contributed by atoms with E-state index in [-0.39, 0.29) is 23.2 Å². The van der Waals surface area contributed by atoms with Gasteiger partial charge in [0.1, 0.15) is 12.4 Å². The van der Waals surface area contributed by atoms with Crippen LogP contribution in [0.4, 0.5) is 4.39 Å². The molecule has 2 rings (SSSR count). The first-order chi connectivity index (χ1) is 11.5. The molecule has 0 aliphatic carbocycles. The average Bonchev–Trinajstić information content (AvgIpc) is 2.54. The third kappa shape index (κ3) is 4.70. The summed E-state index contributed by atoms with van der Waals surface area (Å²) in [4.78, 5) is 9.85. The molecule has 0 aliphatic rings. The summed E-state index contributed by atoms with van der Waals surface area (Å²) >= 11 is 6.19. The van der Waals surface area contributed by atoms with Crippen molar-refractivity contribution in [2.75, 3.05) is 6.61 Å². The molecule has 2 aromatic carbocycles. The van der Waals surface area contributed by atoms with Gasteiger partial charge >= 0.3 is 0 Å². The van der Waals surface area contributed by atoms with Crippen LogP contribution < -0.4 is 9.47 Å². The molecule has 0 spiro atoms. The van der Waals surface area contributed by atoms with Crippen molar-refractivity contribution in [2.24, 2.45) is 0 Å². The number of nitro groups is 1. The molecule has 0 atom stereocenters. The minimum atomic E-state index is -0.573. The summed E-state index contributed by atoms with van der Waals surface area (Å²) in [6.45, 7) is 2.12. The Morgan fingerprint density at radius 1 is 1.29 bits per heavy atom. The van der Waals surface area contributed by atoms with Gasteiger partial charge < -0.3 is 9.47 Å². The topological polar surface area (TPSA) is 61.6 Å². The Bertz CT molecular complexity index is 764. The number of hydrogen-bond acceptors (Lipinski definition) is 4. The Hall–Kier alpha value is -2.60. The summed E-state index contributed by atoms with van der Waals surface area (Å²) in [6, 6.07) is 9.34. The summed E-state index contributed by atoms with van der Waals surface area (Å²) in [5.41, 5.74) is 0.881. The van der Waals surface area contributed by atoms with Gasteiger partial charge in [0, 0.05) is 11.6 Å². The first-order valence-electron chi connectivity index (χ1n) is 7.15. The van der Waals surface area contributed by atoms with Crippen molar-refractivity contribution in [3.05, 3.63) is 74.7 Å². The van der Waals surface area contributed by atoms with Crippen LogP contribution in [0.25, 0.3) is 6.08 Å². The lowest BCUT2D eigenvalue weighted by Crippen LogP contribution is -2.02. The fourth-order valence-corrected chi connectivity index (χ4v) is 2.27. The zero-order valence-corrected chi connectivity index (χ0v) is 13.6. The number of nitrogens with zero attached hydrogens (tertiary/aromatic N) is 1. The first-order valence-corrected chi connectivity index (χ1v) is 7.53. The van der Waals surface area contributed by atoms with Gasteiger partial charge in [-0.1, -0.05) is 29.8 Å². The number of benzene rings is 2. The summed E-state index contributed by atoms with van der Waals surface area (Å²) < 4.78 is 24.8. The minimum Gasteiger partial charge on any atom is -0.490 e. The lowest BCUT2D eigenvalue weighted by molar-refractivity contribution is -0.400. The van der Waals surface area contributed by atoms with Crippen LogP contribution in [0.3, 0.4) is 0 Å². The summed E-state index contributed by atoms with van der Waals surface area (Å²) in [7, 11) is 0. The minimum absolute atomic E-state index is 0.0173. The Balaban J connectivity index is 2.27. The lowest BCUT2D eigenvalue weighted by Gasteiger charge is -2.14. The van der Waals surface area contributed by atoms with Crippen molar-refractivity contribution >= 4 is 17.7 Å². The molecule has 0 fully saturated rings. The predicted octanol–water partition coefficient (Wildman–Crippen LogP) is 4.70. The van der Waals surface area contributed by atoms with Gasteiger partial charge in [0.2, 0.25) is 6.20 Å². The van der Waals surface area contributed by atoms with Gasteiger partial charge in [-0.2, -0.15) is 0 Å². The molecule has 0 unspecified atom stereocenters. The van der Waals surface area contributed by atoms with E-state index in [0.29, 0.717) is 23.5 Å². The second-order valence-electron chi connectivity index (χ2n) is 4.74. The Kier molecular flexibility index (Phi) is 6.14. The highest BCUT2D eigenvalue weighted by Crippen LogP contribution is 2.37. The SMILES string of the molecule is CCOc1cc(/C=C/[N+](=O)[O-])cc(Cl)c1OCc1ccccc1F. The fraction of sp³-hybridized carbons (Fsp3) is 0.176. The predicted molar refractivity (Wildman–Crippen MR) is 89.4 cm³/mol. The molecule has 0 saturated carbocycles. The highest BCUT2D eigenvalue weighted by molar-refractivity contribution is 6.32. The number of halogens is 2. The smallest absolute Gasteiger partial charge is 0.235 e. The second-order valence-corrected chi connectivity index (χ2v) is 5.15. The van der Waals surface area contributed by atoms with E-state index in [0.717, 1.165) is 6.20 Å². The van der Waals surface area contributed by atoms with Crippen LogP contribution in [0.15, 0.2) is 42.6 Å². The monoisotopic (exact) mass is 351 g/mol. The molecule has 7 heteroatoms. The zero-order chi connectivity index (χ0) is 17.5. The average molecular weight is 352 g/mol. The summed E-state index contributed by atoms with van der Waals surface area (Å²) in [5, 5.41) is 10.6. The van der Waals surface area contributed by atoms with Crippen LogP contribution in [0.2, 0.25) is 5.02 Å². The third-order valence-corrected chi connectivity index (χ3v) is 3.33. The maximum atomic E-state index is 13.7. The maximum absolute atomic E-state index is 13.7. The fourth-order valence-electron chi connectivity index (χ4n) is 2.00. The molecule has 5 nitrogen and oxygen atoms in total. The molecule has 0 N–H and O–H groups in total. The van der Waals surface area contributed by atoms with E-state index < -0.39 is 4.92 Å². The number of ether oxygens (including phenoxy) is 2. The quantitative estimate of drug-likeness (QED) is 0.535. The Morgan fingerprint density at radius 3 is 2.71 bits per heavy atom.